The van der Waals surface area contributed by atoms with Crippen molar-refractivity contribution in [3.8, 4) is 0 Å². The Kier molecular flexibility index (Phi) is 5.86. The summed E-state index contributed by atoms with van der Waals surface area (Å²) in [6.07, 6.45) is 5.36. The summed E-state index contributed by atoms with van der Waals surface area (Å²) in [5, 5.41) is 0. The van der Waals surface area contributed by atoms with Gasteiger partial charge in [-0.05, 0) is 23.0 Å². The number of rotatable bonds is 8. The summed E-state index contributed by atoms with van der Waals surface area (Å²) in [6.45, 7) is 16.4. The van der Waals surface area contributed by atoms with E-state index in [2.05, 4.69) is 51.1 Å². The molecular weight excluding hydrogens is 292 g/mol. The summed E-state index contributed by atoms with van der Waals surface area (Å²) in [5.41, 5.74) is 3.01. The fourth-order valence-electron chi connectivity index (χ4n) is 3.98. The van der Waals surface area contributed by atoms with E-state index < -0.39 is 8.32 Å². The Balaban J connectivity index is 2.07. The minimum absolute atomic E-state index is 0.357. The minimum Gasteiger partial charge on any atom is -0.410 e. The van der Waals surface area contributed by atoms with Crippen molar-refractivity contribution in [2.75, 3.05) is 6.61 Å². The van der Waals surface area contributed by atoms with Gasteiger partial charge in [0.15, 0.2) is 0 Å². The predicted octanol–water partition coefficient (Wildman–Crippen LogP) is 4.36. The van der Waals surface area contributed by atoms with Gasteiger partial charge in [0.25, 0.3) is 0 Å². The molecule has 1 aromatic rings. The van der Waals surface area contributed by atoms with E-state index in [1.165, 1.54) is 5.69 Å². The number of aromatic nitrogens is 2. The van der Waals surface area contributed by atoms with Crippen LogP contribution in [0.4, 0.5) is 0 Å². The number of hydrogen-bond donors (Lipinski definition) is 0. The zero-order valence-electron chi connectivity index (χ0n) is 15.0. The third kappa shape index (κ3) is 3.47. The molecule has 0 saturated carbocycles. The third-order valence-electron chi connectivity index (χ3n) is 5.17. The molecule has 0 N–H and O–H groups in total. The molecule has 2 rings (SSSR count). The van der Waals surface area contributed by atoms with E-state index in [0.29, 0.717) is 29.3 Å². The fraction of sp³-hybridized carbons (Fsp3) is 0.824. The lowest BCUT2D eigenvalue weighted by atomic mass is 10.2. The van der Waals surface area contributed by atoms with Gasteiger partial charge in [0.05, 0.1) is 37.5 Å². The zero-order valence-corrected chi connectivity index (χ0v) is 16.0. The summed E-state index contributed by atoms with van der Waals surface area (Å²) in [4.78, 5) is 4.31. The van der Waals surface area contributed by atoms with Gasteiger partial charge in [0, 0.05) is 6.61 Å². The monoisotopic (exact) mass is 324 g/mol. The largest absolute Gasteiger partial charge is 0.410 e. The molecule has 1 aliphatic rings. The SMILES string of the molecule is CC(C)[Si](OCc1cncn1C[C@@H]1CCO1)(C(C)C)C(C)C. The number of imidazole rings is 1. The lowest BCUT2D eigenvalue weighted by Gasteiger charge is -2.42. The smallest absolute Gasteiger partial charge is 0.200 e. The van der Waals surface area contributed by atoms with E-state index in [1.807, 2.05) is 12.5 Å². The van der Waals surface area contributed by atoms with Crippen molar-refractivity contribution in [1.29, 1.82) is 0 Å². The molecule has 0 spiro atoms. The maximum atomic E-state index is 6.67. The summed E-state index contributed by atoms with van der Waals surface area (Å²) in [6, 6.07) is 0. The molecule has 0 radical (unpaired) electrons. The Hall–Kier alpha value is -0.653. The minimum atomic E-state index is -1.81. The molecule has 0 aliphatic carbocycles. The van der Waals surface area contributed by atoms with E-state index >= 15 is 0 Å². The molecule has 0 amide bonds. The molecule has 1 saturated heterocycles. The second-order valence-corrected chi connectivity index (χ2v) is 12.9. The first-order valence-electron chi connectivity index (χ1n) is 8.62. The lowest BCUT2D eigenvalue weighted by Crippen LogP contribution is -2.47. The number of nitrogens with zero attached hydrogens (tertiary/aromatic N) is 2. The molecule has 1 aromatic heterocycles. The molecule has 0 aromatic carbocycles. The molecular formula is C17H32N2O2Si. The lowest BCUT2D eigenvalue weighted by molar-refractivity contribution is -0.0598. The van der Waals surface area contributed by atoms with Crippen LogP contribution in [0.15, 0.2) is 12.5 Å². The summed E-state index contributed by atoms with van der Waals surface area (Å²) in [7, 11) is -1.81. The Morgan fingerprint density at radius 2 is 1.82 bits per heavy atom. The van der Waals surface area contributed by atoms with Crippen LogP contribution in [-0.4, -0.2) is 30.6 Å². The Labute approximate surface area is 136 Å². The zero-order chi connectivity index (χ0) is 16.3. The number of ether oxygens (including phenoxy) is 1. The molecule has 1 fully saturated rings. The second-order valence-electron chi connectivity index (χ2n) is 7.43. The van der Waals surface area contributed by atoms with E-state index in [9.17, 15) is 0 Å². The first-order chi connectivity index (χ1) is 10.4. The topological polar surface area (TPSA) is 36.3 Å². The van der Waals surface area contributed by atoms with Crippen LogP contribution >= 0.6 is 0 Å². The van der Waals surface area contributed by atoms with E-state index in [-0.39, 0.29) is 0 Å². The van der Waals surface area contributed by atoms with Crippen molar-refractivity contribution in [2.45, 2.75) is 83.8 Å². The summed E-state index contributed by atoms with van der Waals surface area (Å²) < 4.78 is 14.4. The summed E-state index contributed by atoms with van der Waals surface area (Å²) in [5.74, 6) is 0. The molecule has 4 nitrogen and oxygen atoms in total. The molecule has 2 heterocycles. The van der Waals surface area contributed by atoms with E-state index in [4.69, 9.17) is 9.16 Å². The van der Waals surface area contributed by atoms with Gasteiger partial charge in [-0.3, -0.25) is 0 Å². The highest BCUT2D eigenvalue weighted by Gasteiger charge is 2.45. The predicted molar refractivity (Wildman–Crippen MR) is 92.4 cm³/mol. The normalized spacial score (nSPS) is 19.2. The molecule has 1 atom stereocenters. The van der Waals surface area contributed by atoms with Crippen molar-refractivity contribution >= 4 is 8.32 Å². The molecule has 5 heteroatoms. The maximum Gasteiger partial charge on any atom is 0.200 e. The van der Waals surface area contributed by atoms with Crippen LogP contribution < -0.4 is 0 Å². The van der Waals surface area contributed by atoms with Crippen molar-refractivity contribution < 1.29 is 9.16 Å². The van der Waals surface area contributed by atoms with Gasteiger partial charge < -0.3 is 13.7 Å². The van der Waals surface area contributed by atoms with Gasteiger partial charge in [-0.1, -0.05) is 41.5 Å². The second kappa shape index (κ2) is 7.28. The van der Waals surface area contributed by atoms with Crippen LogP contribution in [0.2, 0.25) is 16.6 Å². The highest BCUT2D eigenvalue weighted by Crippen LogP contribution is 2.42. The first kappa shape index (κ1) is 17.7. The standard InChI is InChI=1S/C17H32N2O2Si/c1-13(2)22(14(3)4,15(5)6)21-11-16-9-18-12-19(16)10-17-7-8-20-17/h9,12-15,17H,7-8,10-11H2,1-6H3/t17-/m0/s1. The van der Waals surface area contributed by atoms with E-state index in [0.717, 1.165) is 19.6 Å². The van der Waals surface area contributed by atoms with Crippen LogP contribution in [0.3, 0.4) is 0 Å². The molecule has 0 bridgehead atoms. The molecule has 0 unspecified atom stereocenters. The van der Waals surface area contributed by atoms with Crippen molar-refractivity contribution in [3.63, 3.8) is 0 Å². The van der Waals surface area contributed by atoms with Crippen molar-refractivity contribution in [1.82, 2.24) is 9.55 Å². The molecule has 22 heavy (non-hydrogen) atoms. The maximum absolute atomic E-state index is 6.67. The van der Waals surface area contributed by atoms with E-state index in [1.54, 1.807) is 0 Å². The highest BCUT2D eigenvalue weighted by molar-refractivity contribution is 6.77. The van der Waals surface area contributed by atoms with Crippen molar-refractivity contribution in [2.24, 2.45) is 0 Å². The first-order valence-corrected chi connectivity index (χ1v) is 10.8. The average Bonchev–Trinajstić information content (AvgIpc) is 2.80. The Bertz CT molecular complexity index is 445. The van der Waals surface area contributed by atoms with Crippen LogP contribution in [0, 0.1) is 0 Å². The highest BCUT2D eigenvalue weighted by atomic mass is 28.4. The van der Waals surface area contributed by atoms with Crippen LogP contribution in [-0.2, 0) is 22.3 Å². The van der Waals surface area contributed by atoms with Gasteiger partial charge >= 0.3 is 0 Å². The van der Waals surface area contributed by atoms with Gasteiger partial charge in [-0.25, -0.2) is 4.98 Å². The van der Waals surface area contributed by atoms with Gasteiger partial charge in [0.2, 0.25) is 8.32 Å². The Morgan fingerprint density at radius 1 is 1.23 bits per heavy atom. The third-order valence-corrected chi connectivity index (χ3v) is 11.2. The van der Waals surface area contributed by atoms with Crippen molar-refractivity contribution in [3.05, 3.63) is 18.2 Å². The summed E-state index contributed by atoms with van der Waals surface area (Å²) >= 11 is 0. The van der Waals surface area contributed by atoms with Gasteiger partial charge in [0.1, 0.15) is 0 Å². The van der Waals surface area contributed by atoms with Crippen LogP contribution in [0.1, 0.15) is 53.7 Å². The quantitative estimate of drug-likeness (QED) is 0.666. The van der Waals surface area contributed by atoms with Gasteiger partial charge in [-0.2, -0.15) is 0 Å². The molecule has 126 valence electrons. The average molecular weight is 325 g/mol. The van der Waals surface area contributed by atoms with Gasteiger partial charge in [-0.15, -0.1) is 0 Å². The molecule has 1 aliphatic heterocycles. The Morgan fingerprint density at radius 3 is 2.27 bits per heavy atom. The fourth-order valence-corrected chi connectivity index (χ4v) is 9.38. The number of hydrogen-bond acceptors (Lipinski definition) is 3. The van der Waals surface area contributed by atoms with Crippen LogP contribution in [0.25, 0.3) is 0 Å². The van der Waals surface area contributed by atoms with Crippen LogP contribution in [0.5, 0.6) is 0 Å².